The lowest BCUT2D eigenvalue weighted by Gasteiger charge is -2.23. The van der Waals surface area contributed by atoms with Crippen LogP contribution < -0.4 is 0 Å². The van der Waals surface area contributed by atoms with Crippen LogP contribution in [0, 0.1) is 6.92 Å². The average molecular weight is 203 g/mol. The second-order valence-electron chi connectivity index (χ2n) is 4.28. The highest BCUT2D eigenvalue weighted by atomic mass is 16.2. The Morgan fingerprint density at radius 3 is 2.60 bits per heavy atom. The van der Waals surface area contributed by atoms with Gasteiger partial charge in [0.15, 0.2) is 0 Å². The van der Waals surface area contributed by atoms with Crippen LogP contribution in [0.25, 0.3) is 0 Å². The molecule has 1 aromatic carbocycles. The maximum absolute atomic E-state index is 11.4. The molecule has 1 amide bonds. The van der Waals surface area contributed by atoms with E-state index in [0.29, 0.717) is 6.04 Å². The van der Waals surface area contributed by atoms with E-state index in [9.17, 15) is 4.79 Å². The maximum atomic E-state index is 11.4. The molecule has 1 fully saturated rings. The summed E-state index contributed by atoms with van der Waals surface area (Å²) in [6, 6.07) is 8.82. The van der Waals surface area contributed by atoms with E-state index in [4.69, 9.17) is 0 Å². The smallest absolute Gasteiger partial charge is 0.219 e. The Morgan fingerprint density at radius 2 is 2.00 bits per heavy atom. The summed E-state index contributed by atoms with van der Waals surface area (Å²) in [6.45, 7) is 4.65. The molecule has 2 rings (SSSR count). The molecular formula is C13H17NO. The van der Waals surface area contributed by atoms with Crippen molar-refractivity contribution in [2.45, 2.75) is 32.7 Å². The number of hydrogen-bond donors (Lipinski definition) is 0. The van der Waals surface area contributed by atoms with Crippen molar-refractivity contribution in [3.63, 3.8) is 0 Å². The van der Waals surface area contributed by atoms with Crippen LogP contribution in [-0.2, 0) is 4.79 Å². The summed E-state index contributed by atoms with van der Waals surface area (Å²) in [5.41, 5.74) is 2.54. The first kappa shape index (κ1) is 10.2. The molecule has 1 aliphatic rings. The van der Waals surface area contributed by atoms with E-state index in [1.165, 1.54) is 11.1 Å². The molecule has 0 aromatic heterocycles. The largest absolute Gasteiger partial charge is 0.336 e. The van der Waals surface area contributed by atoms with Crippen molar-refractivity contribution >= 4 is 5.91 Å². The standard InChI is InChI=1S/C13H17NO/c1-10-5-7-12(8-6-10)13-4-3-9-14(13)11(2)15/h5-8,13H,3-4,9H2,1-2H3. The minimum absolute atomic E-state index is 0.193. The zero-order valence-corrected chi connectivity index (χ0v) is 9.36. The van der Waals surface area contributed by atoms with E-state index in [1.807, 2.05) is 4.90 Å². The normalized spacial score (nSPS) is 20.7. The number of benzene rings is 1. The van der Waals surface area contributed by atoms with E-state index in [-0.39, 0.29) is 5.91 Å². The highest BCUT2D eigenvalue weighted by Crippen LogP contribution is 2.31. The number of nitrogens with zero attached hydrogens (tertiary/aromatic N) is 1. The lowest BCUT2D eigenvalue weighted by Crippen LogP contribution is -2.27. The summed E-state index contributed by atoms with van der Waals surface area (Å²) in [7, 11) is 0. The topological polar surface area (TPSA) is 20.3 Å². The third-order valence-corrected chi connectivity index (χ3v) is 3.12. The van der Waals surface area contributed by atoms with Crippen LogP contribution in [0.15, 0.2) is 24.3 Å². The van der Waals surface area contributed by atoms with Crippen LogP contribution in [0.1, 0.15) is 36.9 Å². The molecule has 15 heavy (non-hydrogen) atoms. The van der Waals surface area contributed by atoms with Gasteiger partial charge in [0.05, 0.1) is 6.04 Å². The number of amides is 1. The second kappa shape index (κ2) is 4.05. The number of aryl methyl sites for hydroxylation is 1. The van der Waals surface area contributed by atoms with Crippen LogP contribution in [0.3, 0.4) is 0 Å². The molecule has 2 heteroatoms. The summed E-state index contributed by atoms with van der Waals surface area (Å²) in [4.78, 5) is 13.4. The third kappa shape index (κ3) is 2.04. The Kier molecular flexibility index (Phi) is 2.76. The molecule has 1 aliphatic heterocycles. The number of likely N-dealkylation sites (tertiary alicyclic amines) is 1. The first-order valence-corrected chi connectivity index (χ1v) is 5.52. The Morgan fingerprint density at radius 1 is 1.33 bits per heavy atom. The van der Waals surface area contributed by atoms with Gasteiger partial charge in [0, 0.05) is 13.5 Å². The number of hydrogen-bond acceptors (Lipinski definition) is 1. The summed E-state index contributed by atoms with van der Waals surface area (Å²) in [5.74, 6) is 0.193. The predicted octanol–water partition coefficient (Wildman–Crippen LogP) is 2.68. The van der Waals surface area contributed by atoms with Crippen molar-refractivity contribution < 1.29 is 4.79 Å². The predicted molar refractivity (Wildman–Crippen MR) is 60.5 cm³/mol. The van der Waals surface area contributed by atoms with Gasteiger partial charge in [-0.05, 0) is 25.3 Å². The Bertz CT molecular complexity index is 355. The van der Waals surface area contributed by atoms with Gasteiger partial charge in [-0.1, -0.05) is 29.8 Å². The number of carbonyl (C=O) groups is 1. The monoisotopic (exact) mass is 203 g/mol. The van der Waals surface area contributed by atoms with Crippen LogP contribution in [0.4, 0.5) is 0 Å². The summed E-state index contributed by atoms with van der Waals surface area (Å²) >= 11 is 0. The van der Waals surface area contributed by atoms with Gasteiger partial charge in [-0.2, -0.15) is 0 Å². The van der Waals surface area contributed by atoms with Crippen molar-refractivity contribution in [1.82, 2.24) is 4.90 Å². The Hall–Kier alpha value is -1.31. The van der Waals surface area contributed by atoms with Gasteiger partial charge >= 0.3 is 0 Å². The van der Waals surface area contributed by atoms with Gasteiger partial charge in [-0.25, -0.2) is 0 Å². The molecule has 1 aromatic rings. The van der Waals surface area contributed by atoms with Gasteiger partial charge in [0.1, 0.15) is 0 Å². The van der Waals surface area contributed by atoms with E-state index >= 15 is 0 Å². The first-order chi connectivity index (χ1) is 7.18. The van der Waals surface area contributed by atoms with Crippen molar-refractivity contribution in [3.8, 4) is 0 Å². The van der Waals surface area contributed by atoms with Crippen LogP contribution in [0.5, 0.6) is 0 Å². The average Bonchev–Trinajstić information content (AvgIpc) is 2.67. The molecule has 1 saturated heterocycles. The van der Waals surface area contributed by atoms with Crippen molar-refractivity contribution in [3.05, 3.63) is 35.4 Å². The SMILES string of the molecule is CC(=O)N1CCCC1c1ccc(C)cc1. The lowest BCUT2D eigenvalue weighted by atomic mass is 10.0. The molecule has 0 radical (unpaired) electrons. The van der Waals surface area contributed by atoms with Crippen LogP contribution in [-0.4, -0.2) is 17.4 Å². The van der Waals surface area contributed by atoms with Gasteiger partial charge in [-0.15, -0.1) is 0 Å². The minimum atomic E-state index is 0.193. The summed E-state index contributed by atoms with van der Waals surface area (Å²) in [6.07, 6.45) is 2.22. The Balaban J connectivity index is 2.22. The molecule has 80 valence electrons. The van der Waals surface area contributed by atoms with E-state index < -0.39 is 0 Å². The lowest BCUT2D eigenvalue weighted by molar-refractivity contribution is -0.129. The third-order valence-electron chi connectivity index (χ3n) is 3.12. The summed E-state index contributed by atoms with van der Waals surface area (Å²) < 4.78 is 0. The van der Waals surface area contributed by atoms with Gasteiger partial charge in [0.2, 0.25) is 5.91 Å². The molecule has 0 spiro atoms. The van der Waals surface area contributed by atoms with Gasteiger partial charge in [0.25, 0.3) is 0 Å². The molecule has 0 N–H and O–H groups in total. The fourth-order valence-corrected chi connectivity index (χ4v) is 2.28. The highest BCUT2D eigenvalue weighted by molar-refractivity contribution is 5.74. The molecule has 0 bridgehead atoms. The molecule has 1 heterocycles. The van der Waals surface area contributed by atoms with E-state index in [0.717, 1.165) is 19.4 Å². The zero-order chi connectivity index (χ0) is 10.8. The van der Waals surface area contributed by atoms with E-state index in [1.54, 1.807) is 6.92 Å². The molecule has 0 saturated carbocycles. The zero-order valence-electron chi connectivity index (χ0n) is 9.36. The van der Waals surface area contributed by atoms with Crippen molar-refractivity contribution in [1.29, 1.82) is 0 Å². The molecule has 1 unspecified atom stereocenters. The first-order valence-electron chi connectivity index (χ1n) is 5.52. The summed E-state index contributed by atoms with van der Waals surface area (Å²) in [5, 5.41) is 0. The van der Waals surface area contributed by atoms with Crippen molar-refractivity contribution in [2.24, 2.45) is 0 Å². The van der Waals surface area contributed by atoms with Gasteiger partial charge in [-0.3, -0.25) is 4.79 Å². The fraction of sp³-hybridized carbons (Fsp3) is 0.462. The number of carbonyl (C=O) groups excluding carboxylic acids is 1. The maximum Gasteiger partial charge on any atom is 0.219 e. The van der Waals surface area contributed by atoms with Gasteiger partial charge < -0.3 is 4.90 Å². The van der Waals surface area contributed by atoms with E-state index in [2.05, 4.69) is 31.2 Å². The number of rotatable bonds is 1. The molecule has 2 nitrogen and oxygen atoms in total. The quantitative estimate of drug-likeness (QED) is 0.687. The molecular weight excluding hydrogens is 186 g/mol. The Labute approximate surface area is 90.9 Å². The highest BCUT2D eigenvalue weighted by Gasteiger charge is 2.27. The second-order valence-corrected chi connectivity index (χ2v) is 4.28. The molecule has 1 atom stereocenters. The van der Waals surface area contributed by atoms with Crippen LogP contribution in [0.2, 0.25) is 0 Å². The minimum Gasteiger partial charge on any atom is -0.336 e. The molecule has 0 aliphatic carbocycles. The van der Waals surface area contributed by atoms with Crippen LogP contribution >= 0.6 is 0 Å². The fourth-order valence-electron chi connectivity index (χ4n) is 2.28. The van der Waals surface area contributed by atoms with Crippen molar-refractivity contribution in [2.75, 3.05) is 6.54 Å².